The summed E-state index contributed by atoms with van der Waals surface area (Å²) in [6.45, 7) is 3.25. The van der Waals surface area contributed by atoms with Crippen molar-refractivity contribution in [3.05, 3.63) is 44.1 Å². The fraction of sp³-hybridized carbons (Fsp3) is 0.250. The highest BCUT2D eigenvalue weighted by atomic mass is 35.5. The number of hydrogen-bond donors (Lipinski definition) is 0. The maximum atomic E-state index is 10.4. The summed E-state index contributed by atoms with van der Waals surface area (Å²) < 4.78 is 0. The van der Waals surface area contributed by atoms with Gasteiger partial charge in [-0.15, -0.1) is 0 Å². The van der Waals surface area contributed by atoms with Crippen LogP contribution in [0.15, 0.2) is 34.0 Å². The SMILES string of the molecule is C/C=C(Cl)/C=C(\C=C(/C)Cl)[N+](=O)[O-]. The second-order valence-electron chi connectivity index (χ2n) is 2.23. The third kappa shape index (κ3) is 5.44. The van der Waals surface area contributed by atoms with Crippen LogP contribution in [0, 0.1) is 10.1 Å². The molecule has 13 heavy (non-hydrogen) atoms. The molecule has 0 aliphatic carbocycles. The highest BCUT2D eigenvalue weighted by Gasteiger charge is 2.06. The van der Waals surface area contributed by atoms with E-state index < -0.39 is 4.92 Å². The molecule has 0 aliphatic heterocycles. The molecule has 0 aromatic rings. The van der Waals surface area contributed by atoms with Gasteiger partial charge in [0.2, 0.25) is 0 Å². The van der Waals surface area contributed by atoms with Gasteiger partial charge in [0.1, 0.15) is 0 Å². The first-order valence-corrected chi connectivity index (χ1v) is 4.24. The van der Waals surface area contributed by atoms with Crippen molar-refractivity contribution in [2.75, 3.05) is 0 Å². The summed E-state index contributed by atoms with van der Waals surface area (Å²) in [5.74, 6) is 0. The Bertz CT molecular complexity index is 289. The van der Waals surface area contributed by atoms with E-state index in [1.54, 1.807) is 19.9 Å². The molecular formula is C8H9Cl2NO2. The molecule has 0 bridgehead atoms. The monoisotopic (exact) mass is 221 g/mol. The summed E-state index contributed by atoms with van der Waals surface area (Å²) in [7, 11) is 0. The summed E-state index contributed by atoms with van der Waals surface area (Å²) in [6, 6.07) is 0. The number of nitrogens with zero attached hydrogens (tertiary/aromatic N) is 1. The molecule has 0 aromatic carbocycles. The number of hydrogen-bond acceptors (Lipinski definition) is 2. The Labute approximate surface area is 86.5 Å². The summed E-state index contributed by atoms with van der Waals surface area (Å²) in [5.41, 5.74) is -0.129. The molecular weight excluding hydrogens is 213 g/mol. The van der Waals surface area contributed by atoms with Crippen LogP contribution in [0.1, 0.15) is 13.8 Å². The first-order chi connectivity index (χ1) is 5.97. The lowest BCUT2D eigenvalue weighted by molar-refractivity contribution is -0.419. The van der Waals surface area contributed by atoms with Gasteiger partial charge in [0.25, 0.3) is 5.70 Å². The third-order valence-electron chi connectivity index (χ3n) is 1.12. The van der Waals surface area contributed by atoms with Crippen molar-refractivity contribution >= 4 is 23.2 Å². The van der Waals surface area contributed by atoms with Crippen molar-refractivity contribution in [3.63, 3.8) is 0 Å². The lowest BCUT2D eigenvalue weighted by atomic mass is 10.3. The fourth-order valence-electron chi connectivity index (χ4n) is 0.575. The van der Waals surface area contributed by atoms with Gasteiger partial charge >= 0.3 is 0 Å². The van der Waals surface area contributed by atoms with E-state index in [9.17, 15) is 10.1 Å². The molecule has 0 saturated heterocycles. The highest BCUT2D eigenvalue weighted by Crippen LogP contribution is 2.12. The molecule has 0 unspecified atom stereocenters. The Morgan fingerprint density at radius 2 is 1.92 bits per heavy atom. The third-order valence-corrected chi connectivity index (χ3v) is 1.56. The van der Waals surface area contributed by atoms with Gasteiger partial charge in [0.15, 0.2) is 0 Å². The quantitative estimate of drug-likeness (QED) is 0.417. The molecule has 3 nitrogen and oxygen atoms in total. The van der Waals surface area contributed by atoms with Gasteiger partial charge in [-0.2, -0.15) is 0 Å². The largest absolute Gasteiger partial charge is 0.272 e. The van der Waals surface area contributed by atoms with Crippen LogP contribution in [0.25, 0.3) is 0 Å². The van der Waals surface area contributed by atoms with Crippen LogP contribution < -0.4 is 0 Å². The van der Waals surface area contributed by atoms with Crippen LogP contribution in [-0.2, 0) is 0 Å². The first kappa shape index (κ1) is 12.2. The van der Waals surface area contributed by atoms with Crippen LogP contribution in [0.4, 0.5) is 0 Å². The molecule has 0 radical (unpaired) electrons. The Balaban J connectivity index is 4.93. The zero-order valence-electron chi connectivity index (χ0n) is 7.25. The van der Waals surface area contributed by atoms with Gasteiger partial charge < -0.3 is 0 Å². The van der Waals surface area contributed by atoms with Gasteiger partial charge in [-0.3, -0.25) is 10.1 Å². The second-order valence-corrected chi connectivity index (χ2v) is 3.26. The smallest absolute Gasteiger partial charge is 0.258 e. The average molecular weight is 222 g/mol. The van der Waals surface area contributed by atoms with Crippen LogP contribution in [0.5, 0.6) is 0 Å². The van der Waals surface area contributed by atoms with Gasteiger partial charge in [-0.25, -0.2) is 0 Å². The van der Waals surface area contributed by atoms with Crippen molar-refractivity contribution in [2.45, 2.75) is 13.8 Å². The Kier molecular flexibility index (Phi) is 5.42. The topological polar surface area (TPSA) is 43.1 Å². The number of halogens is 2. The highest BCUT2D eigenvalue weighted by molar-refractivity contribution is 6.31. The minimum Gasteiger partial charge on any atom is -0.258 e. The molecule has 0 atom stereocenters. The maximum Gasteiger partial charge on any atom is 0.272 e. The van der Waals surface area contributed by atoms with Crippen LogP contribution in [0.2, 0.25) is 0 Å². The van der Waals surface area contributed by atoms with E-state index in [1.807, 2.05) is 0 Å². The standard InChI is InChI=1S/C8H9Cl2NO2/c1-3-7(10)5-8(11(12)13)4-6(2)9/h3-5H,1-2H3/b6-4+,7-3-,8-5+. The van der Waals surface area contributed by atoms with Crippen molar-refractivity contribution in [1.29, 1.82) is 0 Å². The van der Waals surface area contributed by atoms with Gasteiger partial charge in [0.05, 0.1) is 4.92 Å². The first-order valence-electron chi connectivity index (χ1n) is 3.49. The molecule has 0 rings (SSSR count). The van der Waals surface area contributed by atoms with Crippen LogP contribution >= 0.6 is 23.2 Å². The van der Waals surface area contributed by atoms with Gasteiger partial charge in [0, 0.05) is 22.2 Å². The lowest BCUT2D eigenvalue weighted by Crippen LogP contribution is -1.95. The number of rotatable bonds is 3. The average Bonchev–Trinajstić information content (AvgIpc) is 2.02. The normalized spacial score (nSPS) is 14.6. The van der Waals surface area contributed by atoms with Crippen molar-refractivity contribution in [1.82, 2.24) is 0 Å². The van der Waals surface area contributed by atoms with Crippen LogP contribution in [-0.4, -0.2) is 4.92 Å². The molecule has 0 spiro atoms. The molecule has 0 N–H and O–H groups in total. The van der Waals surface area contributed by atoms with E-state index in [4.69, 9.17) is 23.2 Å². The molecule has 0 aromatic heterocycles. The summed E-state index contributed by atoms with van der Waals surface area (Å²) in [6.07, 6.45) is 4.04. The summed E-state index contributed by atoms with van der Waals surface area (Å²) >= 11 is 11.1. The zero-order chi connectivity index (χ0) is 10.4. The van der Waals surface area contributed by atoms with E-state index in [2.05, 4.69) is 0 Å². The molecule has 0 amide bonds. The number of nitro groups is 1. The molecule has 0 heterocycles. The van der Waals surface area contributed by atoms with Crippen molar-refractivity contribution < 1.29 is 4.92 Å². The van der Waals surface area contributed by atoms with Gasteiger partial charge in [-0.05, 0) is 13.8 Å². The maximum absolute atomic E-state index is 10.4. The summed E-state index contributed by atoms with van der Waals surface area (Å²) in [4.78, 5) is 9.89. The number of allylic oxidation sites excluding steroid dienone is 5. The van der Waals surface area contributed by atoms with E-state index in [1.165, 1.54) is 12.2 Å². The summed E-state index contributed by atoms with van der Waals surface area (Å²) in [5, 5.41) is 11.1. The molecule has 0 fully saturated rings. The predicted molar refractivity (Wildman–Crippen MR) is 54.3 cm³/mol. The van der Waals surface area contributed by atoms with Gasteiger partial charge in [-0.1, -0.05) is 29.3 Å². The zero-order valence-corrected chi connectivity index (χ0v) is 8.76. The van der Waals surface area contributed by atoms with E-state index in [-0.39, 0.29) is 5.70 Å². The Hall–Kier alpha value is -0.800. The van der Waals surface area contributed by atoms with Crippen molar-refractivity contribution in [2.24, 2.45) is 0 Å². The predicted octanol–water partition coefficient (Wildman–Crippen LogP) is 3.43. The minimum absolute atomic E-state index is 0.129. The molecule has 5 heteroatoms. The van der Waals surface area contributed by atoms with E-state index in [0.29, 0.717) is 10.1 Å². The minimum atomic E-state index is -0.544. The Morgan fingerprint density at radius 3 is 2.23 bits per heavy atom. The molecule has 0 saturated carbocycles. The van der Waals surface area contributed by atoms with E-state index in [0.717, 1.165) is 0 Å². The van der Waals surface area contributed by atoms with E-state index >= 15 is 0 Å². The second kappa shape index (κ2) is 5.78. The van der Waals surface area contributed by atoms with Crippen LogP contribution in [0.3, 0.4) is 0 Å². The van der Waals surface area contributed by atoms with Crippen molar-refractivity contribution in [3.8, 4) is 0 Å². The molecule has 72 valence electrons. The fourth-order valence-corrected chi connectivity index (χ4v) is 0.799. The molecule has 0 aliphatic rings. The lowest BCUT2D eigenvalue weighted by Gasteiger charge is -1.91. The Morgan fingerprint density at radius 1 is 1.38 bits per heavy atom.